The number of hydrogen-bond donors (Lipinski definition) is 4. The fourth-order valence-electron chi connectivity index (χ4n) is 1.56. The number of urea groups is 1. The molecule has 0 aliphatic carbocycles. The Morgan fingerprint density at radius 1 is 1.44 bits per heavy atom. The van der Waals surface area contributed by atoms with E-state index in [1.165, 1.54) is 6.92 Å². The number of rotatable bonds is 5. The second-order valence-electron chi connectivity index (χ2n) is 4.14. The Labute approximate surface area is 104 Å². The molecule has 18 heavy (non-hydrogen) atoms. The van der Waals surface area contributed by atoms with E-state index >= 15 is 0 Å². The molecule has 0 spiro atoms. The van der Waals surface area contributed by atoms with Gasteiger partial charge in [0.2, 0.25) is 5.91 Å². The van der Waals surface area contributed by atoms with Crippen LogP contribution in [-0.2, 0) is 14.3 Å². The second-order valence-corrected chi connectivity index (χ2v) is 4.14. The summed E-state index contributed by atoms with van der Waals surface area (Å²) in [6.45, 7) is 1.66. The molecule has 1 fully saturated rings. The fourth-order valence-corrected chi connectivity index (χ4v) is 1.56. The van der Waals surface area contributed by atoms with Crippen LogP contribution in [0.1, 0.15) is 19.8 Å². The van der Waals surface area contributed by atoms with Crippen LogP contribution in [0.4, 0.5) is 4.79 Å². The molecular weight excluding hydrogens is 242 g/mol. The van der Waals surface area contributed by atoms with E-state index in [1.807, 2.05) is 0 Å². The van der Waals surface area contributed by atoms with Crippen LogP contribution in [0.2, 0.25) is 0 Å². The number of nitrogens with one attached hydrogen (secondary N) is 2. The van der Waals surface area contributed by atoms with Gasteiger partial charge in [0, 0.05) is 6.54 Å². The van der Waals surface area contributed by atoms with Crippen LogP contribution in [0.3, 0.4) is 0 Å². The van der Waals surface area contributed by atoms with Crippen LogP contribution in [0.15, 0.2) is 0 Å². The van der Waals surface area contributed by atoms with Crippen LogP contribution in [0.25, 0.3) is 0 Å². The van der Waals surface area contributed by atoms with Gasteiger partial charge in [0.05, 0.1) is 6.10 Å². The average Bonchev–Trinajstić information content (AvgIpc) is 2.74. The lowest BCUT2D eigenvalue weighted by Gasteiger charge is -2.14. The van der Waals surface area contributed by atoms with Gasteiger partial charge in [-0.2, -0.15) is 0 Å². The van der Waals surface area contributed by atoms with Crippen molar-refractivity contribution in [3.8, 4) is 0 Å². The largest absolute Gasteiger partial charge is 0.479 e. The van der Waals surface area contributed by atoms with Gasteiger partial charge >= 0.3 is 12.0 Å². The number of hydrogen-bond acceptors (Lipinski definition) is 4. The third-order valence-electron chi connectivity index (χ3n) is 2.65. The molecule has 1 saturated heterocycles. The zero-order valence-corrected chi connectivity index (χ0v) is 10.0. The van der Waals surface area contributed by atoms with Crippen molar-refractivity contribution in [3.63, 3.8) is 0 Å². The minimum absolute atomic E-state index is 0.196. The summed E-state index contributed by atoms with van der Waals surface area (Å²) in [6.07, 6.45) is -0.117. The smallest absolute Gasteiger partial charge is 0.332 e. The third kappa shape index (κ3) is 4.21. The van der Waals surface area contributed by atoms with Crippen molar-refractivity contribution in [1.82, 2.24) is 10.6 Å². The highest BCUT2D eigenvalue weighted by molar-refractivity contribution is 5.85. The van der Waals surface area contributed by atoms with Gasteiger partial charge in [-0.05, 0) is 19.8 Å². The van der Waals surface area contributed by atoms with E-state index in [2.05, 4.69) is 10.6 Å². The van der Waals surface area contributed by atoms with Crippen molar-refractivity contribution < 1.29 is 24.2 Å². The molecule has 3 amide bonds. The van der Waals surface area contributed by atoms with E-state index in [0.717, 1.165) is 0 Å². The molecule has 0 aromatic carbocycles. The van der Waals surface area contributed by atoms with Crippen LogP contribution in [-0.4, -0.2) is 47.8 Å². The third-order valence-corrected chi connectivity index (χ3v) is 2.65. The number of amides is 3. The number of carboxylic acids is 1. The van der Waals surface area contributed by atoms with Crippen LogP contribution in [0.5, 0.6) is 0 Å². The summed E-state index contributed by atoms with van der Waals surface area (Å²) in [5.74, 6) is -1.63. The highest BCUT2D eigenvalue weighted by Crippen LogP contribution is 2.18. The van der Waals surface area contributed by atoms with Gasteiger partial charge in [0.15, 0.2) is 6.10 Å². The van der Waals surface area contributed by atoms with Crippen LogP contribution < -0.4 is 16.4 Å². The van der Waals surface area contributed by atoms with Crippen LogP contribution >= 0.6 is 0 Å². The zero-order chi connectivity index (χ0) is 13.7. The molecule has 3 atom stereocenters. The Morgan fingerprint density at radius 3 is 2.61 bits per heavy atom. The minimum Gasteiger partial charge on any atom is -0.479 e. The van der Waals surface area contributed by atoms with Crippen molar-refractivity contribution in [3.05, 3.63) is 0 Å². The Balaban J connectivity index is 2.24. The van der Waals surface area contributed by atoms with Gasteiger partial charge in [-0.15, -0.1) is 0 Å². The predicted molar refractivity (Wildman–Crippen MR) is 60.7 cm³/mol. The first-order valence-corrected chi connectivity index (χ1v) is 5.62. The van der Waals surface area contributed by atoms with E-state index in [4.69, 9.17) is 15.6 Å². The van der Waals surface area contributed by atoms with Crippen molar-refractivity contribution in [2.45, 2.75) is 38.0 Å². The standard InChI is InChI=1S/C10H17N3O5/c1-5(8(11)14)13-10(17)12-4-6-2-3-7(18-6)9(15)16/h5-7H,2-4H2,1H3,(H2,11,14)(H,15,16)(H2,12,13,17). The van der Waals surface area contributed by atoms with Gasteiger partial charge in [-0.3, -0.25) is 4.79 Å². The molecule has 1 rings (SSSR count). The molecule has 8 nitrogen and oxygen atoms in total. The molecule has 5 N–H and O–H groups in total. The maximum atomic E-state index is 11.3. The Morgan fingerprint density at radius 2 is 2.11 bits per heavy atom. The Kier molecular flexibility index (Phi) is 4.90. The molecule has 1 aliphatic heterocycles. The molecule has 0 aromatic rings. The predicted octanol–water partition coefficient (Wildman–Crippen LogP) is -1.21. The molecular formula is C10H17N3O5. The van der Waals surface area contributed by atoms with Crippen molar-refractivity contribution in [2.24, 2.45) is 5.73 Å². The van der Waals surface area contributed by atoms with Crippen molar-refractivity contribution >= 4 is 17.9 Å². The molecule has 0 aromatic heterocycles. The van der Waals surface area contributed by atoms with Gasteiger partial charge in [-0.25, -0.2) is 9.59 Å². The van der Waals surface area contributed by atoms with Crippen molar-refractivity contribution in [2.75, 3.05) is 6.54 Å². The number of carbonyl (C=O) groups is 3. The number of ether oxygens (including phenoxy) is 1. The molecule has 102 valence electrons. The van der Waals surface area contributed by atoms with Gasteiger partial charge < -0.3 is 26.2 Å². The normalized spacial score (nSPS) is 24.3. The molecule has 0 bridgehead atoms. The summed E-state index contributed by atoms with van der Waals surface area (Å²) < 4.78 is 5.19. The van der Waals surface area contributed by atoms with E-state index < -0.39 is 30.1 Å². The molecule has 0 saturated carbocycles. The highest BCUT2D eigenvalue weighted by atomic mass is 16.5. The summed E-state index contributed by atoms with van der Waals surface area (Å²) >= 11 is 0. The maximum absolute atomic E-state index is 11.3. The quantitative estimate of drug-likeness (QED) is 0.492. The number of carboxylic acid groups (broad SMARTS) is 1. The Hall–Kier alpha value is -1.83. The van der Waals surface area contributed by atoms with Gasteiger partial charge in [-0.1, -0.05) is 0 Å². The number of aliphatic carboxylic acids is 1. The minimum atomic E-state index is -0.996. The average molecular weight is 259 g/mol. The molecule has 0 radical (unpaired) electrons. The van der Waals surface area contributed by atoms with Gasteiger partial charge in [0.1, 0.15) is 6.04 Å². The lowest BCUT2D eigenvalue weighted by Crippen LogP contribution is -2.48. The SMILES string of the molecule is CC(NC(=O)NCC1CCC(C(=O)O)O1)C(N)=O. The van der Waals surface area contributed by atoms with E-state index in [9.17, 15) is 14.4 Å². The first kappa shape index (κ1) is 14.2. The topological polar surface area (TPSA) is 131 Å². The zero-order valence-electron chi connectivity index (χ0n) is 10.0. The van der Waals surface area contributed by atoms with E-state index in [1.54, 1.807) is 0 Å². The highest BCUT2D eigenvalue weighted by Gasteiger charge is 2.30. The van der Waals surface area contributed by atoms with E-state index in [-0.39, 0.29) is 12.6 Å². The van der Waals surface area contributed by atoms with Crippen LogP contribution in [0, 0.1) is 0 Å². The van der Waals surface area contributed by atoms with Gasteiger partial charge in [0.25, 0.3) is 0 Å². The molecule has 8 heteroatoms. The number of nitrogens with two attached hydrogens (primary N) is 1. The summed E-state index contributed by atoms with van der Waals surface area (Å²) in [4.78, 5) is 32.7. The fraction of sp³-hybridized carbons (Fsp3) is 0.700. The number of primary amides is 1. The molecule has 1 aliphatic rings. The molecule has 1 heterocycles. The first-order chi connectivity index (χ1) is 8.40. The monoisotopic (exact) mass is 259 g/mol. The van der Waals surface area contributed by atoms with E-state index in [0.29, 0.717) is 12.8 Å². The van der Waals surface area contributed by atoms with Crippen molar-refractivity contribution in [1.29, 1.82) is 0 Å². The second kappa shape index (κ2) is 6.20. The summed E-state index contributed by atoms with van der Waals surface area (Å²) in [5, 5.41) is 13.5. The maximum Gasteiger partial charge on any atom is 0.332 e. The molecule has 3 unspecified atom stereocenters. The Bertz CT molecular complexity index is 346. The summed E-state index contributed by atoms with van der Waals surface area (Å²) in [7, 11) is 0. The number of carbonyl (C=O) groups excluding carboxylic acids is 2. The summed E-state index contributed by atoms with van der Waals surface area (Å²) in [5.41, 5.74) is 4.98. The summed E-state index contributed by atoms with van der Waals surface area (Å²) in [6, 6.07) is -1.30. The first-order valence-electron chi connectivity index (χ1n) is 5.62. The lowest BCUT2D eigenvalue weighted by molar-refractivity contribution is -0.149. The lowest BCUT2D eigenvalue weighted by atomic mass is 10.2.